The number of rotatable bonds is 4. The van der Waals surface area contributed by atoms with Gasteiger partial charge in [0.25, 0.3) is 0 Å². The molecule has 1 saturated heterocycles. The van der Waals surface area contributed by atoms with Crippen LogP contribution in [0.25, 0.3) is 22.0 Å². The molecular formula is C20H19ClN2O4S. The highest BCUT2D eigenvalue weighted by atomic mass is 35.5. The van der Waals surface area contributed by atoms with Crippen LogP contribution in [0.4, 0.5) is 0 Å². The van der Waals surface area contributed by atoms with Crippen LogP contribution < -0.4 is 0 Å². The van der Waals surface area contributed by atoms with Crippen molar-refractivity contribution in [1.29, 1.82) is 0 Å². The molecule has 3 aromatic rings. The number of hydrogen-bond donors (Lipinski definition) is 1. The topological polar surface area (TPSA) is 79.5 Å². The van der Waals surface area contributed by atoms with Crippen LogP contribution in [0.15, 0.2) is 42.6 Å². The molecule has 146 valence electrons. The Hall–Kier alpha value is -2.35. The van der Waals surface area contributed by atoms with E-state index < -0.39 is 16.0 Å². The number of H-pyrrole nitrogens is 1. The van der Waals surface area contributed by atoms with Gasteiger partial charge in [0.15, 0.2) is 0 Å². The minimum atomic E-state index is -3.20. The first-order valence-corrected chi connectivity index (χ1v) is 11.0. The van der Waals surface area contributed by atoms with E-state index in [0.29, 0.717) is 17.1 Å². The molecular weight excluding hydrogens is 400 g/mol. The Labute approximate surface area is 168 Å². The minimum Gasteiger partial charge on any atom is -0.465 e. The van der Waals surface area contributed by atoms with Crippen LogP contribution in [-0.4, -0.2) is 43.6 Å². The number of carbonyl (C=O) groups excluding carboxylic acids is 1. The summed E-state index contributed by atoms with van der Waals surface area (Å²) in [5, 5.41) is 1.29. The fraction of sp³-hybridized carbons (Fsp3) is 0.250. The third kappa shape index (κ3) is 3.19. The van der Waals surface area contributed by atoms with Crippen LogP contribution in [0, 0.1) is 0 Å². The van der Waals surface area contributed by atoms with Gasteiger partial charge in [-0.25, -0.2) is 13.2 Å². The number of hydrogen-bond acceptors (Lipinski definition) is 4. The second-order valence-corrected chi connectivity index (χ2v) is 9.21. The second kappa shape index (κ2) is 6.92. The molecule has 0 amide bonds. The van der Waals surface area contributed by atoms with Gasteiger partial charge >= 0.3 is 5.97 Å². The Kier molecular flexibility index (Phi) is 4.69. The first kappa shape index (κ1) is 19.0. The standard InChI is InChI=1S/C20H19ClN2O4S/c1-27-20(24)16-11-22-18-10-17(21)14(9-15(16)18)12-3-5-13(6-4-12)19-7-8-23(19)28(2,25)26/h3-6,9-11,19,22H,7-8H2,1-2H3. The van der Waals surface area contributed by atoms with Crippen LogP contribution in [0.3, 0.4) is 0 Å². The van der Waals surface area contributed by atoms with Crippen molar-refractivity contribution in [3.8, 4) is 11.1 Å². The summed E-state index contributed by atoms with van der Waals surface area (Å²) < 4.78 is 30.0. The van der Waals surface area contributed by atoms with Gasteiger partial charge in [-0.2, -0.15) is 4.31 Å². The molecule has 1 fully saturated rings. The third-order valence-corrected chi connectivity index (χ3v) is 6.78. The molecule has 1 unspecified atom stereocenters. The number of aromatic amines is 1. The van der Waals surface area contributed by atoms with Crippen molar-refractivity contribution < 1.29 is 17.9 Å². The summed E-state index contributed by atoms with van der Waals surface area (Å²) in [6.07, 6.45) is 3.65. The number of nitrogens with one attached hydrogen (secondary N) is 1. The van der Waals surface area contributed by atoms with Crippen LogP contribution >= 0.6 is 11.6 Å². The lowest BCUT2D eigenvalue weighted by Crippen LogP contribution is -2.44. The lowest BCUT2D eigenvalue weighted by molar-refractivity contribution is 0.0603. The number of aromatic nitrogens is 1. The maximum atomic E-state index is 12.0. The summed E-state index contributed by atoms with van der Waals surface area (Å²) in [6, 6.07) is 11.2. The molecule has 0 saturated carbocycles. The van der Waals surface area contributed by atoms with E-state index in [-0.39, 0.29) is 6.04 Å². The van der Waals surface area contributed by atoms with E-state index >= 15 is 0 Å². The Morgan fingerprint density at radius 2 is 1.96 bits per heavy atom. The van der Waals surface area contributed by atoms with Crippen molar-refractivity contribution >= 4 is 38.5 Å². The van der Waals surface area contributed by atoms with Gasteiger partial charge in [-0.15, -0.1) is 0 Å². The van der Waals surface area contributed by atoms with E-state index in [4.69, 9.17) is 16.3 Å². The Balaban J connectivity index is 1.70. The van der Waals surface area contributed by atoms with Gasteiger partial charge in [-0.3, -0.25) is 0 Å². The number of methoxy groups -OCH3 is 1. The van der Waals surface area contributed by atoms with Gasteiger partial charge in [0.2, 0.25) is 10.0 Å². The van der Waals surface area contributed by atoms with Crippen molar-refractivity contribution in [3.63, 3.8) is 0 Å². The smallest absolute Gasteiger partial charge is 0.340 e. The molecule has 0 spiro atoms. The lowest BCUT2D eigenvalue weighted by Gasteiger charge is -2.39. The van der Waals surface area contributed by atoms with Gasteiger partial charge in [-0.05, 0) is 29.7 Å². The van der Waals surface area contributed by atoms with E-state index in [2.05, 4.69) is 4.98 Å². The molecule has 2 heterocycles. The maximum absolute atomic E-state index is 12.0. The highest BCUT2D eigenvalue weighted by Crippen LogP contribution is 2.38. The summed E-state index contributed by atoms with van der Waals surface area (Å²) in [5.74, 6) is -0.416. The molecule has 1 atom stereocenters. The molecule has 0 aliphatic carbocycles. The van der Waals surface area contributed by atoms with Gasteiger partial charge in [0.1, 0.15) is 0 Å². The third-order valence-electron chi connectivity index (χ3n) is 5.18. The molecule has 2 aromatic carbocycles. The van der Waals surface area contributed by atoms with Crippen molar-refractivity contribution in [2.45, 2.75) is 12.5 Å². The van der Waals surface area contributed by atoms with Crippen molar-refractivity contribution in [2.75, 3.05) is 19.9 Å². The van der Waals surface area contributed by atoms with E-state index in [1.807, 2.05) is 30.3 Å². The van der Waals surface area contributed by atoms with Crippen LogP contribution in [0.2, 0.25) is 5.02 Å². The summed E-state index contributed by atoms with van der Waals surface area (Å²) in [6.45, 7) is 0.553. The normalized spacial score (nSPS) is 17.5. The highest BCUT2D eigenvalue weighted by molar-refractivity contribution is 7.88. The number of nitrogens with zero attached hydrogens (tertiary/aromatic N) is 1. The Morgan fingerprint density at radius 1 is 1.25 bits per heavy atom. The van der Waals surface area contributed by atoms with Crippen molar-refractivity contribution in [3.05, 3.63) is 58.7 Å². The number of carbonyl (C=O) groups is 1. The predicted molar refractivity (Wildman–Crippen MR) is 109 cm³/mol. The van der Waals surface area contributed by atoms with Gasteiger partial charge < -0.3 is 9.72 Å². The van der Waals surface area contributed by atoms with E-state index in [9.17, 15) is 13.2 Å². The molecule has 1 aliphatic heterocycles. The van der Waals surface area contributed by atoms with Crippen LogP contribution in [0.5, 0.6) is 0 Å². The summed E-state index contributed by atoms with van der Waals surface area (Å²) >= 11 is 6.46. The minimum absolute atomic E-state index is 0.113. The first-order valence-electron chi connectivity index (χ1n) is 8.75. The zero-order valence-electron chi connectivity index (χ0n) is 15.4. The molecule has 0 bridgehead atoms. The fourth-order valence-electron chi connectivity index (χ4n) is 3.62. The monoisotopic (exact) mass is 418 g/mol. The van der Waals surface area contributed by atoms with Gasteiger partial charge in [-0.1, -0.05) is 35.9 Å². The van der Waals surface area contributed by atoms with Crippen LogP contribution in [0.1, 0.15) is 28.4 Å². The molecule has 6 nitrogen and oxygen atoms in total. The first-order chi connectivity index (χ1) is 13.3. The number of halogens is 1. The lowest BCUT2D eigenvalue weighted by atomic mass is 9.95. The number of benzene rings is 2. The van der Waals surface area contributed by atoms with Crippen molar-refractivity contribution in [1.82, 2.24) is 9.29 Å². The van der Waals surface area contributed by atoms with Gasteiger partial charge in [0.05, 0.1) is 30.0 Å². The summed E-state index contributed by atoms with van der Waals surface area (Å²) in [7, 11) is -1.86. The van der Waals surface area contributed by atoms with Crippen LogP contribution in [-0.2, 0) is 14.8 Å². The number of fused-ring (bicyclic) bond motifs is 1. The largest absolute Gasteiger partial charge is 0.465 e. The Morgan fingerprint density at radius 3 is 2.54 bits per heavy atom. The van der Waals surface area contributed by atoms with Crippen molar-refractivity contribution in [2.24, 2.45) is 0 Å². The van der Waals surface area contributed by atoms with E-state index in [1.165, 1.54) is 17.7 Å². The molecule has 1 aromatic heterocycles. The summed E-state index contributed by atoms with van der Waals surface area (Å²) in [5.41, 5.74) is 3.83. The molecule has 1 N–H and O–H groups in total. The molecule has 1 aliphatic rings. The average Bonchev–Trinajstić information content (AvgIpc) is 3.01. The summed E-state index contributed by atoms with van der Waals surface area (Å²) in [4.78, 5) is 15.0. The second-order valence-electron chi connectivity index (χ2n) is 6.87. The Bertz CT molecular complexity index is 1170. The molecule has 0 radical (unpaired) electrons. The van der Waals surface area contributed by atoms with E-state index in [1.54, 1.807) is 12.3 Å². The average molecular weight is 419 g/mol. The zero-order chi connectivity index (χ0) is 20.1. The van der Waals surface area contributed by atoms with E-state index in [0.717, 1.165) is 34.0 Å². The number of ether oxygens (including phenoxy) is 1. The van der Waals surface area contributed by atoms with Gasteiger partial charge in [0, 0.05) is 29.2 Å². The maximum Gasteiger partial charge on any atom is 0.340 e. The fourth-order valence-corrected chi connectivity index (χ4v) is 5.02. The SMILES string of the molecule is COC(=O)c1c[nH]c2cc(Cl)c(-c3ccc(C4CCN4S(C)(=O)=O)cc3)cc12. The number of esters is 1. The predicted octanol–water partition coefficient (Wildman–Crippen LogP) is 3.98. The molecule has 4 rings (SSSR count). The molecule has 28 heavy (non-hydrogen) atoms. The highest BCUT2D eigenvalue weighted by Gasteiger charge is 2.35. The number of sulfonamides is 1. The zero-order valence-corrected chi connectivity index (χ0v) is 17.0. The quantitative estimate of drug-likeness (QED) is 0.650. The molecule has 8 heteroatoms.